The molecule has 16 heavy (non-hydrogen) atoms. The average Bonchev–Trinajstić information content (AvgIpc) is 2.46. The van der Waals surface area contributed by atoms with Crippen LogP contribution in [0.25, 0.3) is 0 Å². The highest BCUT2D eigenvalue weighted by atomic mass is 16.1. The molecule has 0 aliphatic heterocycles. The molecule has 0 amide bonds. The minimum absolute atomic E-state index is 0.307. The lowest BCUT2D eigenvalue weighted by Crippen LogP contribution is -1.95. The smallest absolute Gasteiger partial charge is 0.155 e. The Bertz CT molecular complexity index is 415. The Morgan fingerprint density at radius 3 is 2.69 bits per heavy atom. The predicted octanol–water partition coefficient (Wildman–Crippen LogP) is 3.61. The molecule has 1 aromatic rings. The summed E-state index contributed by atoms with van der Waals surface area (Å²) in [6.45, 7) is 2.13. The van der Waals surface area contributed by atoms with Gasteiger partial charge in [0.1, 0.15) is 0 Å². The number of aryl methyl sites for hydroxylation is 1. The standard InChI is InChI=1S/C15H18O/c1-12-6-2-4-8-14(12)10-13-7-3-5-9-15(16)11-13/h2,4,6,8,11H,3,5,7,9-10H2,1H3. The SMILES string of the molecule is Cc1ccccc1CC1=CC(=O)CCCC1. The fourth-order valence-electron chi connectivity index (χ4n) is 2.22. The van der Waals surface area contributed by atoms with E-state index in [9.17, 15) is 4.79 Å². The number of ketones is 1. The lowest BCUT2D eigenvalue weighted by Gasteiger charge is -2.07. The number of allylic oxidation sites excluding steroid dienone is 2. The number of carbonyl (C=O) groups is 1. The molecule has 1 aliphatic rings. The van der Waals surface area contributed by atoms with Crippen LogP contribution >= 0.6 is 0 Å². The number of carbonyl (C=O) groups excluding carboxylic acids is 1. The van der Waals surface area contributed by atoms with E-state index in [2.05, 4.69) is 31.2 Å². The first-order chi connectivity index (χ1) is 7.75. The molecule has 0 bridgehead atoms. The van der Waals surface area contributed by atoms with Crippen LogP contribution in [0.15, 0.2) is 35.9 Å². The van der Waals surface area contributed by atoms with Gasteiger partial charge in [0.05, 0.1) is 0 Å². The van der Waals surface area contributed by atoms with E-state index in [1.54, 1.807) is 0 Å². The lowest BCUT2D eigenvalue weighted by atomic mass is 9.98. The predicted molar refractivity (Wildman–Crippen MR) is 66.4 cm³/mol. The van der Waals surface area contributed by atoms with Gasteiger partial charge in [-0.25, -0.2) is 0 Å². The van der Waals surface area contributed by atoms with Gasteiger partial charge >= 0.3 is 0 Å². The third kappa shape index (κ3) is 2.82. The second kappa shape index (κ2) is 5.11. The van der Waals surface area contributed by atoms with Gasteiger partial charge in [-0.05, 0) is 49.8 Å². The van der Waals surface area contributed by atoms with E-state index in [0.29, 0.717) is 5.78 Å². The summed E-state index contributed by atoms with van der Waals surface area (Å²) in [6.07, 6.45) is 6.84. The summed E-state index contributed by atoms with van der Waals surface area (Å²) in [4.78, 5) is 11.5. The molecule has 0 N–H and O–H groups in total. The Balaban J connectivity index is 2.14. The molecule has 0 radical (unpaired) electrons. The Hall–Kier alpha value is -1.37. The second-order valence-corrected chi connectivity index (χ2v) is 4.58. The molecule has 1 aliphatic carbocycles. The van der Waals surface area contributed by atoms with Gasteiger partial charge < -0.3 is 0 Å². The van der Waals surface area contributed by atoms with Gasteiger partial charge in [-0.2, -0.15) is 0 Å². The molecule has 1 nitrogen and oxygen atoms in total. The third-order valence-corrected chi connectivity index (χ3v) is 3.21. The van der Waals surface area contributed by atoms with Crippen LogP contribution in [0.1, 0.15) is 36.8 Å². The highest BCUT2D eigenvalue weighted by Crippen LogP contribution is 2.20. The van der Waals surface area contributed by atoms with Crippen molar-refractivity contribution < 1.29 is 4.79 Å². The van der Waals surface area contributed by atoms with E-state index in [0.717, 1.165) is 32.1 Å². The molecular formula is C15H18O. The molecule has 84 valence electrons. The zero-order chi connectivity index (χ0) is 11.4. The van der Waals surface area contributed by atoms with Gasteiger partial charge in [-0.3, -0.25) is 4.79 Å². The van der Waals surface area contributed by atoms with Crippen LogP contribution < -0.4 is 0 Å². The maximum Gasteiger partial charge on any atom is 0.155 e. The average molecular weight is 214 g/mol. The van der Waals surface area contributed by atoms with Crippen molar-refractivity contribution in [3.63, 3.8) is 0 Å². The van der Waals surface area contributed by atoms with Gasteiger partial charge in [0.15, 0.2) is 5.78 Å². The first kappa shape index (κ1) is 11.1. The fourth-order valence-corrected chi connectivity index (χ4v) is 2.22. The van der Waals surface area contributed by atoms with Gasteiger partial charge in [-0.15, -0.1) is 0 Å². The largest absolute Gasteiger partial charge is 0.295 e. The van der Waals surface area contributed by atoms with Crippen LogP contribution in [0, 0.1) is 6.92 Å². The minimum Gasteiger partial charge on any atom is -0.295 e. The molecule has 0 unspecified atom stereocenters. The van der Waals surface area contributed by atoms with Crippen LogP contribution in [0.4, 0.5) is 0 Å². The van der Waals surface area contributed by atoms with Crippen LogP contribution in [0.2, 0.25) is 0 Å². The molecule has 0 atom stereocenters. The molecule has 0 saturated carbocycles. The molecule has 0 saturated heterocycles. The zero-order valence-corrected chi connectivity index (χ0v) is 9.83. The summed E-state index contributed by atoms with van der Waals surface area (Å²) >= 11 is 0. The summed E-state index contributed by atoms with van der Waals surface area (Å²) in [5, 5.41) is 0. The van der Waals surface area contributed by atoms with Crippen LogP contribution in [-0.4, -0.2) is 5.78 Å². The molecule has 1 heteroatoms. The summed E-state index contributed by atoms with van der Waals surface area (Å²) in [7, 11) is 0. The molecule has 1 aromatic carbocycles. The number of hydrogen-bond donors (Lipinski definition) is 0. The normalized spacial score (nSPS) is 16.8. The first-order valence-corrected chi connectivity index (χ1v) is 6.02. The monoisotopic (exact) mass is 214 g/mol. The first-order valence-electron chi connectivity index (χ1n) is 6.02. The molecule has 0 fully saturated rings. The van der Waals surface area contributed by atoms with Crippen molar-refractivity contribution in [3.8, 4) is 0 Å². The fraction of sp³-hybridized carbons (Fsp3) is 0.400. The maximum absolute atomic E-state index is 11.5. The van der Waals surface area contributed by atoms with Crippen molar-refractivity contribution in [2.24, 2.45) is 0 Å². The van der Waals surface area contributed by atoms with Crippen molar-refractivity contribution in [1.29, 1.82) is 0 Å². The van der Waals surface area contributed by atoms with E-state index in [1.165, 1.54) is 16.7 Å². The van der Waals surface area contributed by atoms with Gasteiger partial charge in [0.25, 0.3) is 0 Å². The van der Waals surface area contributed by atoms with Gasteiger partial charge in [-0.1, -0.05) is 29.8 Å². The third-order valence-electron chi connectivity index (χ3n) is 3.21. The van der Waals surface area contributed by atoms with Crippen LogP contribution in [-0.2, 0) is 11.2 Å². The van der Waals surface area contributed by atoms with Crippen molar-refractivity contribution >= 4 is 5.78 Å². The molecule has 0 heterocycles. The number of benzene rings is 1. The van der Waals surface area contributed by atoms with E-state index in [-0.39, 0.29) is 0 Å². The Morgan fingerprint density at radius 2 is 1.88 bits per heavy atom. The van der Waals surface area contributed by atoms with E-state index in [1.807, 2.05) is 6.08 Å². The zero-order valence-electron chi connectivity index (χ0n) is 9.83. The Kier molecular flexibility index (Phi) is 3.55. The highest BCUT2D eigenvalue weighted by molar-refractivity contribution is 5.90. The van der Waals surface area contributed by atoms with Crippen LogP contribution in [0.3, 0.4) is 0 Å². The Labute approximate surface area is 97.2 Å². The lowest BCUT2D eigenvalue weighted by molar-refractivity contribution is -0.114. The summed E-state index contributed by atoms with van der Waals surface area (Å²) in [5.41, 5.74) is 3.97. The van der Waals surface area contributed by atoms with E-state index >= 15 is 0 Å². The molecule has 0 aromatic heterocycles. The second-order valence-electron chi connectivity index (χ2n) is 4.58. The van der Waals surface area contributed by atoms with Gasteiger partial charge in [0.2, 0.25) is 0 Å². The van der Waals surface area contributed by atoms with E-state index < -0.39 is 0 Å². The van der Waals surface area contributed by atoms with E-state index in [4.69, 9.17) is 0 Å². The Morgan fingerprint density at radius 1 is 1.12 bits per heavy atom. The number of hydrogen-bond acceptors (Lipinski definition) is 1. The van der Waals surface area contributed by atoms with Crippen molar-refractivity contribution in [2.75, 3.05) is 0 Å². The quantitative estimate of drug-likeness (QED) is 0.735. The molecule has 2 rings (SSSR count). The minimum atomic E-state index is 0.307. The van der Waals surface area contributed by atoms with Gasteiger partial charge in [0, 0.05) is 6.42 Å². The summed E-state index contributed by atoms with van der Waals surface area (Å²) in [5.74, 6) is 0.307. The molecule has 0 spiro atoms. The van der Waals surface area contributed by atoms with Crippen molar-refractivity contribution in [1.82, 2.24) is 0 Å². The van der Waals surface area contributed by atoms with Crippen LogP contribution in [0.5, 0.6) is 0 Å². The maximum atomic E-state index is 11.5. The number of rotatable bonds is 2. The highest BCUT2D eigenvalue weighted by Gasteiger charge is 2.09. The summed E-state index contributed by atoms with van der Waals surface area (Å²) in [6, 6.07) is 8.42. The van der Waals surface area contributed by atoms with Crippen molar-refractivity contribution in [2.45, 2.75) is 39.0 Å². The topological polar surface area (TPSA) is 17.1 Å². The van der Waals surface area contributed by atoms with Crippen molar-refractivity contribution in [3.05, 3.63) is 47.0 Å². The summed E-state index contributed by atoms with van der Waals surface area (Å²) < 4.78 is 0. The molecular weight excluding hydrogens is 196 g/mol.